The van der Waals surface area contributed by atoms with Gasteiger partial charge in [0.15, 0.2) is 0 Å². The van der Waals surface area contributed by atoms with Crippen LogP contribution in [0.2, 0.25) is 0 Å². The highest BCUT2D eigenvalue weighted by Crippen LogP contribution is 2.33. The van der Waals surface area contributed by atoms with Gasteiger partial charge in [-0.1, -0.05) is 30.7 Å². The molecule has 0 radical (unpaired) electrons. The summed E-state index contributed by atoms with van der Waals surface area (Å²) in [5.74, 6) is 0.0768. The minimum absolute atomic E-state index is 0.0145. The van der Waals surface area contributed by atoms with E-state index in [1.54, 1.807) is 23.1 Å². The lowest BCUT2D eigenvalue weighted by atomic mass is 10.0. The second kappa shape index (κ2) is 31.5. The SMILES string of the molecule is N#Cc1ccc(CN2CCC(NC(=O)c3ncc(C(=O)N4CCN(Cc5ccc(F)cc5)CC4)cc3CCCNC(=O)CCOCCOCCOCCOCCNC(=O)CCCC[C@@H]3SC[C@@H]4NC(=O)N[C@@H]43)CC2)cc1. The Bertz CT molecular complexity index is 2370. The molecule has 5 heterocycles. The predicted molar refractivity (Wildman–Crippen MR) is 285 cm³/mol. The number of pyridine rings is 1. The number of aromatic nitrogens is 1. The van der Waals surface area contributed by atoms with Crippen molar-refractivity contribution in [2.24, 2.45) is 0 Å². The third kappa shape index (κ3) is 19.4. The van der Waals surface area contributed by atoms with Crippen LogP contribution in [0.25, 0.3) is 0 Å². The number of hydrogen-bond donors (Lipinski definition) is 5. The number of aryl methyl sites for hydroxylation is 1. The van der Waals surface area contributed by atoms with Gasteiger partial charge < -0.3 is 50.4 Å². The van der Waals surface area contributed by atoms with Gasteiger partial charge in [0, 0.05) is 102 Å². The fourth-order valence-corrected chi connectivity index (χ4v) is 11.3. The van der Waals surface area contributed by atoms with Gasteiger partial charge in [-0.25, -0.2) is 14.2 Å². The summed E-state index contributed by atoms with van der Waals surface area (Å²) < 4.78 is 35.7. The number of piperidine rings is 1. The van der Waals surface area contributed by atoms with Crippen molar-refractivity contribution in [2.75, 3.05) is 111 Å². The smallest absolute Gasteiger partial charge is 0.315 e. The van der Waals surface area contributed by atoms with Crippen LogP contribution in [0.3, 0.4) is 0 Å². The molecule has 0 spiro atoms. The molecular formula is C55H75FN10O9S. The molecule has 19 nitrogen and oxygen atoms in total. The highest BCUT2D eigenvalue weighted by atomic mass is 32.2. The summed E-state index contributed by atoms with van der Waals surface area (Å²) in [6.07, 6.45) is 7.37. The van der Waals surface area contributed by atoms with Crippen LogP contribution in [0.5, 0.6) is 0 Å². The van der Waals surface area contributed by atoms with E-state index < -0.39 is 0 Å². The van der Waals surface area contributed by atoms with Crippen molar-refractivity contribution in [3.8, 4) is 6.07 Å². The van der Waals surface area contributed by atoms with Gasteiger partial charge in [0.05, 0.1) is 82.1 Å². The maximum atomic E-state index is 13.8. The van der Waals surface area contributed by atoms with Crippen LogP contribution >= 0.6 is 11.8 Å². The Labute approximate surface area is 450 Å². The largest absolute Gasteiger partial charge is 0.379 e. The van der Waals surface area contributed by atoms with Crippen LogP contribution in [0, 0.1) is 17.1 Å². The molecule has 1 aromatic heterocycles. The standard InChI is InChI=1S/C55H75FN10O9S/c56-45-13-11-42(12-14-45)38-65-22-24-66(25-23-65)54(70)44-34-43(51(60-36-44)53(69)61-46-15-20-64(21-16-46)37-41-9-7-40(35-57)8-10-41)4-3-18-58-50(68)17-26-72-28-30-74-32-33-75-31-29-73-27-19-59-49(67)6-2-1-5-48-52-47(39-76-48)62-55(71)63-52/h7-14,34,36,46-48,52H,1-6,15-33,37-39H2,(H,58,68)(H,59,67)(H,61,69)(H2,62,63,71)/t47-,48-,52-/m0/s1. The molecule has 76 heavy (non-hydrogen) atoms. The second-order valence-corrected chi connectivity index (χ2v) is 20.9. The Balaban J connectivity index is 0.731. The summed E-state index contributed by atoms with van der Waals surface area (Å²) in [7, 11) is 0. The predicted octanol–water partition coefficient (Wildman–Crippen LogP) is 3.79. The van der Waals surface area contributed by atoms with Crippen molar-refractivity contribution in [3.63, 3.8) is 0 Å². The molecule has 0 saturated carbocycles. The first kappa shape index (κ1) is 58.0. The molecule has 4 fully saturated rings. The number of hydrogen-bond acceptors (Lipinski definition) is 14. The minimum Gasteiger partial charge on any atom is -0.379 e. The third-order valence-corrected chi connectivity index (χ3v) is 15.5. The number of thioether (sulfide) groups is 1. The number of carbonyl (C=O) groups excluding carboxylic acids is 5. The van der Waals surface area contributed by atoms with E-state index in [2.05, 4.69) is 47.4 Å². The van der Waals surface area contributed by atoms with Crippen molar-refractivity contribution in [1.29, 1.82) is 5.26 Å². The molecule has 0 unspecified atom stereocenters. The van der Waals surface area contributed by atoms with Crippen LogP contribution in [0.1, 0.15) is 94.5 Å². The number of halogens is 1. The van der Waals surface area contributed by atoms with Crippen LogP contribution in [0.4, 0.5) is 9.18 Å². The highest BCUT2D eigenvalue weighted by Gasteiger charge is 2.42. The number of fused-ring (bicyclic) bond motifs is 1. The molecular weight excluding hydrogens is 996 g/mol. The van der Waals surface area contributed by atoms with Crippen LogP contribution < -0.4 is 26.6 Å². The van der Waals surface area contributed by atoms with Crippen molar-refractivity contribution in [3.05, 3.63) is 100 Å². The normalized spacial score (nSPS) is 18.9. The van der Waals surface area contributed by atoms with Gasteiger partial charge in [-0.15, -0.1) is 0 Å². The molecule has 5 N–H and O–H groups in total. The van der Waals surface area contributed by atoms with Gasteiger partial charge in [0.1, 0.15) is 11.5 Å². The zero-order valence-corrected chi connectivity index (χ0v) is 44.4. The number of likely N-dealkylation sites (tertiary alicyclic amines) is 1. The third-order valence-electron chi connectivity index (χ3n) is 14.0. The molecule has 0 aliphatic carbocycles. The van der Waals surface area contributed by atoms with Crippen molar-refractivity contribution < 1.29 is 47.3 Å². The van der Waals surface area contributed by atoms with Crippen molar-refractivity contribution in [1.82, 2.24) is 46.3 Å². The topological polar surface area (TPSA) is 229 Å². The first-order valence-electron chi connectivity index (χ1n) is 26.9. The first-order valence-corrected chi connectivity index (χ1v) is 28.0. The van der Waals surface area contributed by atoms with E-state index in [4.69, 9.17) is 24.2 Å². The van der Waals surface area contributed by atoms with E-state index >= 15 is 0 Å². The summed E-state index contributed by atoms with van der Waals surface area (Å²) in [6, 6.07) is 18.3. The summed E-state index contributed by atoms with van der Waals surface area (Å²) in [5.41, 5.74) is 4.09. The zero-order valence-electron chi connectivity index (χ0n) is 43.6. The lowest BCUT2D eigenvalue weighted by Gasteiger charge is -2.35. The summed E-state index contributed by atoms with van der Waals surface area (Å²) >= 11 is 1.89. The Morgan fingerprint density at radius 3 is 2.04 bits per heavy atom. The maximum absolute atomic E-state index is 13.8. The average Bonchev–Trinajstić information content (AvgIpc) is 4.00. The zero-order chi connectivity index (χ0) is 53.3. The Kier molecular flexibility index (Phi) is 24.0. The van der Waals surface area contributed by atoms with E-state index in [1.807, 2.05) is 36.0 Å². The van der Waals surface area contributed by atoms with Gasteiger partial charge in [-0.3, -0.25) is 29.0 Å². The van der Waals surface area contributed by atoms with Crippen molar-refractivity contribution >= 4 is 41.4 Å². The first-order chi connectivity index (χ1) is 37.1. The molecule has 2 aromatic carbocycles. The molecule has 4 saturated heterocycles. The quantitative estimate of drug-likeness (QED) is 0.0457. The van der Waals surface area contributed by atoms with E-state index in [9.17, 15) is 28.4 Å². The summed E-state index contributed by atoms with van der Waals surface area (Å²) in [6.45, 7) is 9.16. The average molecular weight is 1070 g/mol. The Hall–Kier alpha value is -5.73. The number of nitrogens with zero attached hydrogens (tertiary/aromatic N) is 5. The van der Waals surface area contributed by atoms with Crippen LogP contribution in [-0.4, -0.2) is 184 Å². The van der Waals surface area contributed by atoms with Gasteiger partial charge in [-0.05, 0) is 85.5 Å². The fourth-order valence-electron chi connectivity index (χ4n) is 9.74. The van der Waals surface area contributed by atoms with Gasteiger partial charge in [0.2, 0.25) is 11.8 Å². The maximum Gasteiger partial charge on any atom is 0.315 e. The van der Waals surface area contributed by atoms with Gasteiger partial charge in [-0.2, -0.15) is 17.0 Å². The minimum atomic E-state index is -0.288. The Morgan fingerprint density at radius 2 is 1.36 bits per heavy atom. The number of ether oxygens (including phenoxy) is 4. The van der Waals surface area contributed by atoms with E-state index in [1.165, 1.54) is 18.3 Å². The molecule has 7 rings (SSSR count). The second-order valence-electron chi connectivity index (χ2n) is 19.6. The molecule has 4 aliphatic heterocycles. The van der Waals surface area contributed by atoms with E-state index in [-0.39, 0.29) is 72.3 Å². The molecule has 3 atom stereocenters. The van der Waals surface area contributed by atoms with Gasteiger partial charge >= 0.3 is 6.03 Å². The molecule has 4 aliphatic rings. The number of nitriles is 1. The summed E-state index contributed by atoms with van der Waals surface area (Å²) in [5, 5.41) is 24.5. The number of benzene rings is 2. The summed E-state index contributed by atoms with van der Waals surface area (Å²) in [4.78, 5) is 75.0. The lowest BCUT2D eigenvalue weighted by Crippen LogP contribution is -2.48. The van der Waals surface area contributed by atoms with Crippen LogP contribution in [0.15, 0.2) is 60.8 Å². The molecule has 0 bridgehead atoms. The number of nitrogens with one attached hydrogen (secondary N) is 5. The highest BCUT2D eigenvalue weighted by molar-refractivity contribution is 8.00. The number of urea groups is 1. The number of carbonyl (C=O) groups is 5. The van der Waals surface area contributed by atoms with E-state index in [0.29, 0.717) is 133 Å². The number of amides is 6. The molecule has 3 aromatic rings. The molecule has 412 valence electrons. The van der Waals surface area contributed by atoms with E-state index in [0.717, 1.165) is 68.6 Å². The number of piperazine rings is 1. The Morgan fingerprint density at radius 1 is 0.737 bits per heavy atom. The molecule has 21 heteroatoms. The number of rotatable bonds is 31. The fraction of sp³-hybridized carbons (Fsp3) is 0.582. The van der Waals surface area contributed by atoms with Gasteiger partial charge in [0.25, 0.3) is 11.8 Å². The number of unbranched alkanes of at least 4 members (excludes halogenated alkanes) is 1. The van der Waals surface area contributed by atoms with Crippen LogP contribution in [-0.2, 0) is 48.0 Å². The lowest BCUT2D eigenvalue weighted by molar-refractivity contribution is -0.122. The molecule has 6 amide bonds. The monoisotopic (exact) mass is 1070 g/mol. The van der Waals surface area contributed by atoms with Crippen molar-refractivity contribution in [2.45, 2.75) is 94.3 Å².